The number of aromatic nitrogens is 2. The maximum atomic E-state index is 5.63. The highest BCUT2D eigenvalue weighted by Crippen LogP contribution is 2.18. The normalized spacial score (nSPS) is 13.5. The van der Waals surface area contributed by atoms with Crippen molar-refractivity contribution in [3.8, 4) is 0 Å². The fourth-order valence-electron chi connectivity index (χ4n) is 1.60. The molecule has 14 heavy (non-hydrogen) atoms. The molecule has 0 aliphatic carbocycles. The highest BCUT2D eigenvalue weighted by molar-refractivity contribution is 4.99. The van der Waals surface area contributed by atoms with Crippen LogP contribution in [0.25, 0.3) is 0 Å². The van der Waals surface area contributed by atoms with Gasteiger partial charge in [-0.25, -0.2) is 4.98 Å². The Kier molecular flexibility index (Phi) is 4.14. The number of nitrogens with two attached hydrogens (primary N) is 1. The van der Waals surface area contributed by atoms with Crippen molar-refractivity contribution in [2.45, 2.75) is 46.2 Å². The van der Waals surface area contributed by atoms with Crippen LogP contribution in [-0.2, 0) is 6.54 Å². The fraction of sp³-hybridized carbons (Fsp3) is 0.727. The monoisotopic (exact) mass is 195 g/mol. The average Bonchev–Trinajstić information content (AvgIpc) is 2.61. The van der Waals surface area contributed by atoms with E-state index in [1.54, 1.807) is 0 Å². The van der Waals surface area contributed by atoms with Crippen LogP contribution in [0.3, 0.4) is 0 Å². The van der Waals surface area contributed by atoms with Gasteiger partial charge in [-0.05, 0) is 25.7 Å². The zero-order valence-electron chi connectivity index (χ0n) is 9.40. The van der Waals surface area contributed by atoms with Gasteiger partial charge in [-0.15, -0.1) is 0 Å². The van der Waals surface area contributed by atoms with Gasteiger partial charge in [0, 0.05) is 18.8 Å². The number of rotatable bonds is 5. The molecule has 0 aliphatic heterocycles. The summed E-state index contributed by atoms with van der Waals surface area (Å²) in [5, 5.41) is 0. The van der Waals surface area contributed by atoms with Crippen molar-refractivity contribution in [1.29, 1.82) is 0 Å². The molecule has 1 rings (SSSR count). The molecule has 0 amide bonds. The van der Waals surface area contributed by atoms with E-state index in [1.165, 1.54) is 12.8 Å². The quantitative estimate of drug-likeness (QED) is 0.783. The summed E-state index contributed by atoms with van der Waals surface area (Å²) in [7, 11) is 0. The summed E-state index contributed by atoms with van der Waals surface area (Å²) in [6.45, 7) is 7.31. The molecule has 0 bridgehead atoms. The van der Waals surface area contributed by atoms with Crippen molar-refractivity contribution in [2.24, 2.45) is 11.7 Å². The van der Waals surface area contributed by atoms with Gasteiger partial charge in [0.25, 0.3) is 0 Å². The molecule has 1 unspecified atom stereocenters. The minimum Gasteiger partial charge on any atom is -0.331 e. The van der Waals surface area contributed by atoms with E-state index in [9.17, 15) is 0 Å². The van der Waals surface area contributed by atoms with Gasteiger partial charge in [-0.3, -0.25) is 0 Å². The third-order valence-corrected chi connectivity index (χ3v) is 2.59. The lowest BCUT2D eigenvalue weighted by molar-refractivity contribution is 0.431. The first-order valence-electron chi connectivity index (χ1n) is 5.36. The smallest absolute Gasteiger partial charge is 0.0951 e. The van der Waals surface area contributed by atoms with Gasteiger partial charge in [-0.1, -0.05) is 13.8 Å². The van der Waals surface area contributed by atoms with E-state index in [0.717, 1.165) is 11.6 Å². The lowest BCUT2D eigenvalue weighted by Crippen LogP contribution is -2.11. The third kappa shape index (κ3) is 2.84. The Morgan fingerprint density at radius 3 is 2.64 bits per heavy atom. The molecule has 0 fully saturated rings. The standard InChI is InChI=1S/C11H21N3/c1-9(2)4-5-10(3)14-8-13-7-11(14)6-12/h7-10H,4-6,12H2,1-3H3. The van der Waals surface area contributed by atoms with Crippen molar-refractivity contribution >= 4 is 0 Å². The van der Waals surface area contributed by atoms with E-state index in [2.05, 4.69) is 30.3 Å². The van der Waals surface area contributed by atoms with Crippen molar-refractivity contribution < 1.29 is 0 Å². The molecule has 0 saturated heterocycles. The van der Waals surface area contributed by atoms with Crippen LogP contribution < -0.4 is 5.73 Å². The molecule has 1 aromatic heterocycles. The van der Waals surface area contributed by atoms with Crippen LogP contribution in [0.2, 0.25) is 0 Å². The molecular formula is C11H21N3. The first kappa shape index (κ1) is 11.2. The molecule has 1 heterocycles. The Labute approximate surface area is 86.3 Å². The summed E-state index contributed by atoms with van der Waals surface area (Å²) >= 11 is 0. The largest absolute Gasteiger partial charge is 0.331 e. The van der Waals surface area contributed by atoms with Gasteiger partial charge in [0.05, 0.1) is 12.0 Å². The average molecular weight is 195 g/mol. The van der Waals surface area contributed by atoms with Gasteiger partial charge in [0.2, 0.25) is 0 Å². The number of hydrogen-bond donors (Lipinski definition) is 1. The predicted molar refractivity (Wildman–Crippen MR) is 58.9 cm³/mol. The first-order chi connectivity index (χ1) is 6.65. The van der Waals surface area contributed by atoms with E-state index in [-0.39, 0.29) is 0 Å². The minimum absolute atomic E-state index is 0.512. The third-order valence-electron chi connectivity index (χ3n) is 2.59. The topological polar surface area (TPSA) is 43.8 Å². The number of imidazole rings is 1. The molecule has 1 atom stereocenters. The first-order valence-corrected chi connectivity index (χ1v) is 5.36. The second-order valence-electron chi connectivity index (χ2n) is 4.32. The highest BCUT2D eigenvalue weighted by atomic mass is 15.1. The SMILES string of the molecule is CC(C)CCC(C)n1cncc1CN. The maximum absolute atomic E-state index is 5.63. The summed E-state index contributed by atoms with van der Waals surface area (Å²) in [6, 6.07) is 0.512. The van der Waals surface area contributed by atoms with Crippen molar-refractivity contribution in [3.63, 3.8) is 0 Å². The number of nitrogens with zero attached hydrogens (tertiary/aromatic N) is 2. The Morgan fingerprint density at radius 1 is 1.36 bits per heavy atom. The maximum Gasteiger partial charge on any atom is 0.0951 e. The van der Waals surface area contributed by atoms with E-state index in [4.69, 9.17) is 5.73 Å². The van der Waals surface area contributed by atoms with Gasteiger partial charge >= 0.3 is 0 Å². The van der Waals surface area contributed by atoms with Crippen molar-refractivity contribution in [3.05, 3.63) is 18.2 Å². The summed E-state index contributed by atoms with van der Waals surface area (Å²) < 4.78 is 2.18. The lowest BCUT2D eigenvalue weighted by atomic mass is 10.0. The fourth-order valence-corrected chi connectivity index (χ4v) is 1.60. The van der Waals surface area contributed by atoms with Crippen LogP contribution >= 0.6 is 0 Å². The van der Waals surface area contributed by atoms with Crippen molar-refractivity contribution in [2.75, 3.05) is 0 Å². The van der Waals surface area contributed by atoms with Gasteiger partial charge in [0.15, 0.2) is 0 Å². The van der Waals surface area contributed by atoms with Crippen LogP contribution in [0.4, 0.5) is 0 Å². The van der Waals surface area contributed by atoms with Crippen LogP contribution in [0.1, 0.15) is 45.3 Å². The summed E-state index contributed by atoms with van der Waals surface area (Å²) in [5.74, 6) is 0.766. The molecule has 80 valence electrons. The Balaban J connectivity index is 2.55. The zero-order valence-corrected chi connectivity index (χ0v) is 9.40. The summed E-state index contributed by atoms with van der Waals surface area (Å²) in [5.41, 5.74) is 6.75. The molecule has 0 radical (unpaired) electrons. The predicted octanol–water partition coefficient (Wildman–Crippen LogP) is 2.34. The molecular weight excluding hydrogens is 174 g/mol. The Hall–Kier alpha value is -0.830. The second-order valence-corrected chi connectivity index (χ2v) is 4.32. The molecule has 0 aliphatic rings. The summed E-state index contributed by atoms with van der Waals surface area (Å²) in [6.07, 6.45) is 6.18. The van der Waals surface area contributed by atoms with Crippen LogP contribution in [0, 0.1) is 5.92 Å². The number of hydrogen-bond acceptors (Lipinski definition) is 2. The molecule has 0 spiro atoms. The zero-order chi connectivity index (χ0) is 10.6. The van der Waals surface area contributed by atoms with Crippen LogP contribution in [0.15, 0.2) is 12.5 Å². The van der Waals surface area contributed by atoms with Gasteiger partial charge in [-0.2, -0.15) is 0 Å². The minimum atomic E-state index is 0.512. The highest BCUT2D eigenvalue weighted by Gasteiger charge is 2.08. The summed E-state index contributed by atoms with van der Waals surface area (Å²) in [4.78, 5) is 4.12. The molecule has 3 nitrogen and oxygen atoms in total. The Bertz CT molecular complexity index is 265. The molecule has 2 N–H and O–H groups in total. The Morgan fingerprint density at radius 2 is 2.07 bits per heavy atom. The van der Waals surface area contributed by atoms with E-state index in [1.807, 2.05) is 12.5 Å². The van der Waals surface area contributed by atoms with E-state index < -0.39 is 0 Å². The van der Waals surface area contributed by atoms with Crippen LogP contribution in [-0.4, -0.2) is 9.55 Å². The van der Waals surface area contributed by atoms with Gasteiger partial charge in [0.1, 0.15) is 0 Å². The second kappa shape index (κ2) is 5.15. The van der Waals surface area contributed by atoms with E-state index in [0.29, 0.717) is 12.6 Å². The van der Waals surface area contributed by atoms with Gasteiger partial charge < -0.3 is 10.3 Å². The molecule has 0 saturated carbocycles. The van der Waals surface area contributed by atoms with Crippen molar-refractivity contribution in [1.82, 2.24) is 9.55 Å². The van der Waals surface area contributed by atoms with E-state index >= 15 is 0 Å². The molecule has 3 heteroatoms. The molecule has 0 aromatic carbocycles. The molecule has 1 aromatic rings. The van der Waals surface area contributed by atoms with Crippen LogP contribution in [0.5, 0.6) is 0 Å². The lowest BCUT2D eigenvalue weighted by Gasteiger charge is -2.16.